The fraction of sp³-hybridized carbons (Fsp3) is 0.512. The van der Waals surface area contributed by atoms with Gasteiger partial charge in [0, 0.05) is 42.7 Å². The number of carbonyl (C=O) groups excluding carboxylic acids is 4. The van der Waals surface area contributed by atoms with Crippen molar-refractivity contribution in [1.29, 1.82) is 0 Å². The minimum Gasteiger partial charge on any atom is -0.441 e. The predicted molar refractivity (Wildman–Crippen MR) is 203 cm³/mol. The SMILES string of the molecule is CC(=O)OC1CC(=O)N1c1ccc2c(c1)[C@@]1(O[C@H](CC(=O)N3Cc4ccccc4C[C@H]3CO)[C@@H]([Si](C)(C)F)[C@@H]1C)C(=O)N2C/C=C(\C)CCC=C(C)C. The quantitative estimate of drug-likeness (QED) is 0.0923. The summed E-state index contributed by atoms with van der Waals surface area (Å²) >= 11 is 0. The van der Waals surface area contributed by atoms with Crippen LogP contribution in [0.1, 0.15) is 77.0 Å². The molecule has 0 saturated carbocycles. The molecular weight excluding hydrogens is 694 g/mol. The first-order valence-corrected chi connectivity index (χ1v) is 21.6. The number of amides is 3. The van der Waals surface area contributed by atoms with Crippen LogP contribution in [0.25, 0.3) is 0 Å². The van der Waals surface area contributed by atoms with E-state index < -0.39 is 49.8 Å². The maximum atomic E-state index is 16.6. The van der Waals surface area contributed by atoms with E-state index in [4.69, 9.17) is 9.47 Å². The Kier molecular flexibility index (Phi) is 10.9. The van der Waals surface area contributed by atoms with Crippen molar-refractivity contribution in [2.75, 3.05) is 23.0 Å². The number of halogens is 1. The molecule has 6 atom stereocenters. The monoisotopic (exact) mass is 745 g/mol. The number of fused-ring (bicyclic) bond motifs is 3. The van der Waals surface area contributed by atoms with E-state index in [2.05, 4.69) is 19.9 Å². The molecule has 0 bridgehead atoms. The van der Waals surface area contributed by atoms with Gasteiger partial charge in [-0.1, -0.05) is 54.5 Å². The van der Waals surface area contributed by atoms with Crippen molar-refractivity contribution in [3.05, 3.63) is 82.5 Å². The fourth-order valence-electron chi connectivity index (χ4n) is 8.82. The zero-order chi connectivity index (χ0) is 38.4. The second-order valence-electron chi connectivity index (χ2n) is 15.8. The molecule has 1 unspecified atom stereocenters. The van der Waals surface area contributed by atoms with Gasteiger partial charge in [0.05, 0.1) is 37.3 Å². The molecule has 4 aliphatic rings. The van der Waals surface area contributed by atoms with Crippen LogP contribution < -0.4 is 9.80 Å². The number of benzene rings is 2. The summed E-state index contributed by atoms with van der Waals surface area (Å²) < 4.78 is 28.9. The molecule has 0 radical (unpaired) electrons. The summed E-state index contributed by atoms with van der Waals surface area (Å²) in [5.74, 6) is -2.01. The Morgan fingerprint density at radius 1 is 1.06 bits per heavy atom. The average Bonchev–Trinajstić information content (AvgIpc) is 3.51. The first-order valence-electron chi connectivity index (χ1n) is 18.6. The fourth-order valence-corrected chi connectivity index (χ4v) is 11.3. The number of esters is 1. The Balaban J connectivity index is 1.38. The first kappa shape index (κ1) is 38.6. The first-order chi connectivity index (χ1) is 25.1. The molecule has 1 N–H and O–H groups in total. The molecule has 3 amide bonds. The molecule has 10 nitrogen and oxygen atoms in total. The maximum absolute atomic E-state index is 16.6. The van der Waals surface area contributed by atoms with Gasteiger partial charge in [-0.2, -0.15) is 0 Å². The second-order valence-corrected chi connectivity index (χ2v) is 19.6. The number of hydrogen-bond donors (Lipinski definition) is 1. The zero-order valence-electron chi connectivity index (χ0n) is 31.9. The second kappa shape index (κ2) is 14.9. The molecule has 0 aromatic heterocycles. The van der Waals surface area contributed by atoms with E-state index >= 15 is 4.11 Å². The van der Waals surface area contributed by atoms with Crippen molar-refractivity contribution in [2.24, 2.45) is 5.92 Å². The van der Waals surface area contributed by atoms with Gasteiger partial charge < -0.3 is 28.5 Å². The highest BCUT2D eigenvalue weighted by Crippen LogP contribution is 2.61. The lowest BCUT2D eigenvalue weighted by Crippen LogP contribution is -2.55. The van der Waals surface area contributed by atoms with Crippen molar-refractivity contribution in [3.63, 3.8) is 0 Å². The van der Waals surface area contributed by atoms with E-state index in [1.807, 2.05) is 44.2 Å². The third-order valence-corrected chi connectivity index (χ3v) is 13.9. The number of aliphatic hydroxyl groups is 1. The number of hydrogen-bond acceptors (Lipinski definition) is 7. The largest absolute Gasteiger partial charge is 0.441 e. The molecule has 4 aliphatic heterocycles. The standard InChI is InChI=1S/C41H52FN3O7Si/c1-25(2)11-10-12-26(3)17-18-43-34-16-15-31(45-37(49)22-38(45)51-28(5)47)20-33(34)41(40(43)50)27(4)39(53(6,7)42)35(52-41)21-36(48)44-23-30-14-9-8-13-29(30)19-32(44)24-46/h8-9,11,13-17,20,27,32,35,38-39,46H,10,12,18-19,21-24H2,1-7H3/b26-17+/t27-,32-,35+,38?,39-,41+/m0/s1. The number of rotatable bonds is 11. The Labute approximate surface area is 312 Å². The molecule has 2 aromatic rings. The van der Waals surface area contributed by atoms with Gasteiger partial charge in [-0.05, 0) is 82.5 Å². The Morgan fingerprint density at radius 3 is 2.42 bits per heavy atom. The minimum atomic E-state index is -3.60. The van der Waals surface area contributed by atoms with E-state index in [-0.39, 0.29) is 43.7 Å². The van der Waals surface area contributed by atoms with Crippen LogP contribution in [0.3, 0.4) is 0 Å². The van der Waals surface area contributed by atoms with Gasteiger partial charge in [-0.3, -0.25) is 24.1 Å². The summed E-state index contributed by atoms with van der Waals surface area (Å²) in [6.45, 7) is 12.8. The van der Waals surface area contributed by atoms with Crippen LogP contribution in [0.15, 0.2) is 65.8 Å². The average molecular weight is 746 g/mol. The molecule has 284 valence electrons. The zero-order valence-corrected chi connectivity index (χ0v) is 32.9. The van der Waals surface area contributed by atoms with Gasteiger partial charge in [0.15, 0.2) is 11.8 Å². The van der Waals surface area contributed by atoms with Gasteiger partial charge in [0.1, 0.15) is 0 Å². The molecule has 6 rings (SSSR count). The van der Waals surface area contributed by atoms with E-state index in [0.717, 1.165) is 29.5 Å². The number of anilines is 2. The molecule has 2 fully saturated rings. The minimum absolute atomic E-state index is 0.0420. The van der Waals surface area contributed by atoms with Crippen molar-refractivity contribution in [3.8, 4) is 0 Å². The van der Waals surface area contributed by atoms with Crippen LogP contribution in [0.2, 0.25) is 18.6 Å². The van der Waals surface area contributed by atoms with Crippen LogP contribution in [0, 0.1) is 5.92 Å². The third kappa shape index (κ3) is 7.25. The highest BCUT2D eigenvalue weighted by atomic mass is 28.4. The topological polar surface area (TPSA) is 117 Å². The molecule has 1 spiro atoms. The number of aliphatic hydroxyl groups excluding tert-OH is 1. The summed E-state index contributed by atoms with van der Waals surface area (Å²) in [5, 5.41) is 10.3. The number of β-lactam (4-membered cyclic amide) rings is 1. The van der Waals surface area contributed by atoms with Gasteiger partial charge >= 0.3 is 5.97 Å². The van der Waals surface area contributed by atoms with Gasteiger partial charge in [-0.15, -0.1) is 0 Å². The van der Waals surface area contributed by atoms with Gasteiger partial charge in [-0.25, -0.2) is 0 Å². The smallest absolute Gasteiger partial charge is 0.304 e. The molecule has 2 saturated heterocycles. The lowest BCUT2D eigenvalue weighted by Gasteiger charge is -2.39. The Bertz CT molecular complexity index is 1850. The predicted octanol–water partition coefficient (Wildman–Crippen LogP) is 6.46. The highest BCUT2D eigenvalue weighted by molar-refractivity contribution is 6.72. The number of allylic oxidation sites excluding steroid dienone is 3. The van der Waals surface area contributed by atoms with Crippen LogP contribution in [-0.4, -0.2) is 73.6 Å². The van der Waals surface area contributed by atoms with Crippen molar-refractivity contribution in [1.82, 2.24) is 4.90 Å². The summed E-state index contributed by atoms with van der Waals surface area (Å²) in [7, 11) is -3.60. The highest BCUT2D eigenvalue weighted by Gasteiger charge is 2.67. The van der Waals surface area contributed by atoms with E-state index in [1.54, 1.807) is 41.1 Å². The van der Waals surface area contributed by atoms with Crippen LogP contribution >= 0.6 is 0 Å². The summed E-state index contributed by atoms with van der Waals surface area (Å²) in [6, 6.07) is 12.6. The Hall–Kier alpha value is -4.13. The van der Waals surface area contributed by atoms with Crippen molar-refractivity contribution < 1.29 is 37.9 Å². The Morgan fingerprint density at radius 2 is 1.77 bits per heavy atom. The molecule has 53 heavy (non-hydrogen) atoms. The third-order valence-electron chi connectivity index (χ3n) is 11.4. The molecule has 0 aliphatic carbocycles. The number of nitrogens with zero attached hydrogens (tertiary/aromatic N) is 3. The van der Waals surface area contributed by atoms with Gasteiger partial charge in [0.25, 0.3) is 5.91 Å². The molecule has 2 aromatic carbocycles. The van der Waals surface area contributed by atoms with Gasteiger partial charge in [0.2, 0.25) is 20.2 Å². The summed E-state index contributed by atoms with van der Waals surface area (Å²) in [5.41, 5.74) is 3.61. The number of carbonyl (C=O) groups is 4. The normalized spacial score (nSPS) is 26.8. The van der Waals surface area contributed by atoms with Crippen molar-refractivity contribution >= 4 is 43.5 Å². The van der Waals surface area contributed by atoms with Crippen LogP contribution in [0.5, 0.6) is 0 Å². The maximum Gasteiger partial charge on any atom is 0.304 e. The number of ether oxygens (including phenoxy) is 2. The van der Waals surface area contributed by atoms with Crippen LogP contribution in [0.4, 0.5) is 15.5 Å². The summed E-state index contributed by atoms with van der Waals surface area (Å²) in [4.78, 5) is 58.6. The van der Waals surface area contributed by atoms with E-state index in [1.165, 1.54) is 17.4 Å². The van der Waals surface area contributed by atoms with Crippen LogP contribution in [-0.2, 0) is 47.2 Å². The van der Waals surface area contributed by atoms with E-state index in [0.29, 0.717) is 29.9 Å². The summed E-state index contributed by atoms with van der Waals surface area (Å²) in [6.07, 6.45) is 4.61. The molecule has 4 heterocycles. The molecular formula is C41H52FN3O7Si. The lowest BCUT2D eigenvalue weighted by molar-refractivity contribution is -0.154. The molecule has 12 heteroatoms. The van der Waals surface area contributed by atoms with Crippen molar-refractivity contribution in [2.45, 2.75) is 116 Å². The van der Waals surface area contributed by atoms with E-state index in [9.17, 15) is 24.3 Å². The lowest BCUT2D eigenvalue weighted by atomic mass is 9.82.